The van der Waals surface area contributed by atoms with Gasteiger partial charge in [-0.3, -0.25) is 4.90 Å². The van der Waals surface area contributed by atoms with Crippen molar-refractivity contribution in [2.24, 2.45) is 0 Å². The van der Waals surface area contributed by atoms with Crippen molar-refractivity contribution in [2.45, 2.75) is 31.3 Å². The summed E-state index contributed by atoms with van der Waals surface area (Å²) in [6.07, 6.45) is 2.46. The SMILES string of the molecule is Clc1cc(Cl)cc(CN2CC[C@H]3CC2c2cc(N4CCOCC4)ccc23)c1. The molecule has 0 amide bonds. The first-order valence-electron chi connectivity index (χ1n) is 9.83. The zero-order chi connectivity index (χ0) is 18.4. The van der Waals surface area contributed by atoms with E-state index >= 15 is 0 Å². The minimum atomic E-state index is 0.498. The predicted molar refractivity (Wildman–Crippen MR) is 111 cm³/mol. The Bertz CT molecular complexity index is 830. The molecule has 1 aliphatic carbocycles. The highest BCUT2D eigenvalue weighted by Crippen LogP contribution is 2.50. The van der Waals surface area contributed by atoms with Crippen molar-refractivity contribution in [3.05, 3.63) is 63.1 Å². The Morgan fingerprint density at radius 2 is 1.70 bits per heavy atom. The van der Waals surface area contributed by atoms with Gasteiger partial charge in [0.05, 0.1) is 13.2 Å². The third-order valence-electron chi connectivity index (χ3n) is 6.27. The number of hydrogen-bond donors (Lipinski definition) is 0. The summed E-state index contributed by atoms with van der Waals surface area (Å²) in [7, 11) is 0. The molecule has 0 N–H and O–H groups in total. The van der Waals surface area contributed by atoms with E-state index in [1.807, 2.05) is 12.1 Å². The van der Waals surface area contributed by atoms with Gasteiger partial charge in [0.25, 0.3) is 0 Å². The third kappa shape index (κ3) is 3.47. The summed E-state index contributed by atoms with van der Waals surface area (Å²) in [6, 6.07) is 13.5. The zero-order valence-electron chi connectivity index (χ0n) is 15.3. The van der Waals surface area contributed by atoms with Crippen molar-refractivity contribution in [3.8, 4) is 0 Å². The van der Waals surface area contributed by atoms with Gasteiger partial charge >= 0.3 is 0 Å². The van der Waals surface area contributed by atoms with Crippen LogP contribution in [0.15, 0.2) is 36.4 Å². The van der Waals surface area contributed by atoms with E-state index in [1.165, 1.54) is 29.7 Å². The number of fused-ring (bicyclic) bond motifs is 5. The van der Waals surface area contributed by atoms with Crippen LogP contribution >= 0.6 is 23.2 Å². The van der Waals surface area contributed by atoms with Crippen molar-refractivity contribution in [1.29, 1.82) is 0 Å². The van der Waals surface area contributed by atoms with Gasteiger partial charge in [-0.15, -0.1) is 0 Å². The molecule has 2 saturated heterocycles. The second kappa shape index (κ2) is 7.29. The number of piperidine rings is 1. The van der Waals surface area contributed by atoms with Crippen LogP contribution in [0.4, 0.5) is 5.69 Å². The molecular weight excluding hydrogens is 379 g/mol. The normalized spacial score (nSPS) is 24.9. The number of nitrogens with zero attached hydrogens (tertiary/aromatic N) is 2. The molecule has 2 aromatic rings. The van der Waals surface area contributed by atoms with Gasteiger partial charge in [-0.1, -0.05) is 29.3 Å². The first-order chi connectivity index (χ1) is 13.2. The van der Waals surface area contributed by atoms with Gasteiger partial charge in [-0.25, -0.2) is 0 Å². The van der Waals surface area contributed by atoms with Crippen molar-refractivity contribution < 1.29 is 4.74 Å². The number of benzene rings is 2. The van der Waals surface area contributed by atoms with Gasteiger partial charge in [-0.05, 0) is 72.3 Å². The molecule has 142 valence electrons. The number of morpholine rings is 1. The van der Waals surface area contributed by atoms with E-state index in [1.54, 1.807) is 11.6 Å². The molecule has 2 fully saturated rings. The maximum absolute atomic E-state index is 6.22. The lowest BCUT2D eigenvalue weighted by molar-refractivity contribution is 0.122. The van der Waals surface area contributed by atoms with Crippen LogP contribution in [0.2, 0.25) is 10.0 Å². The van der Waals surface area contributed by atoms with E-state index in [9.17, 15) is 0 Å². The Labute approximate surface area is 170 Å². The number of anilines is 1. The van der Waals surface area contributed by atoms with E-state index in [4.69, 9.17) is 27.9 Å². The Morgan fingerprint density at radius 3 is 2.48 bits per heavy atom. The molecule has 1 unspecified atom stereocenters. The minimum Gasteiger partial charge on any atom is -0.378 e. The molecule has 0 aromatic heterocycles. The Hall–Kier alpha value is -1.26. The smallest absolute Gasteiger partial charge is 0.0642 e. The lowest BCUT2D eigenvalue weighted by Gasteiger charge is -2.34. The van der Waals surface area contributed by atoms with Crippen LogP contribution in [-0.4, -0.2) is 37.7 Å². The van der Waals surface area contributed by atoms with Crippen LogP contribution < -0.4 is 4.90 Å². The summed E-state index contributed by atoms with van der Waals surface area (Å²) < 4.78 is 5.51. The first kappa shape index (κ1) is 17.8. The van der Waals surface area contributed by atoms with E-state index in [0.717, 1.165) is 39.4 Å². The molecule has 2 atom stereocenters. The topological polar surface area (TPSA) is 15.7 Å². The quantitative estimate of drug-likeness (QED) is 0.695. The van der Waals surface area contributed by atoms with E-state index in [-0.39, 0.29) is 0 Å². The van der Waals surface area contributed by atoms with E-state index in [0.29, 0.717) is 22.0 Å². The first-order valence-corrected chi connectivity index (χ1v) is 10.6. The standard InChI is InChI=1S/C22H24Cl2N2O/c23-17-9-15(10-18(24)12-17)14-26-4-3-16-11-22(26)21-13-19(1-2-20(16)21)25-5-7-27-8-6-25/h1-2,9-10,12-13,16,22H,3-8,11,14H2/t16-,22?/m0/s1. The lowest BCUT2D eigenvalue weighted by atomic mass is 9.95. The molecular formula is C22H24Cl2N2O. The highest BCUT2D eigenvalue weighted by atomic mass is 35.5. The van der Waals surface area contributed by atoms with Gasteiger partial charge in [0.2, 0.25) is 0 Å². The van der Waals surface area contributed by atoms with Gasteiger partial charge in [-0.2, -0.15) is 0 Å². The zero-order valence-corrected chi connectivity index (χ0v) is 16.8. The van der Waals surface area contributed by atoms with E-state index < -0.39 is 0 Å². The molecule has 2 bridgehead atoms. The number of halogens is 2. The molecule has 27 heavy (non-hydrogen) atoms. The molecule has 2 heterocycles. The molecule has 0 saturated carbocycles. The highest BCUT2D eigenvalue weighted by Gasteiger charge is 2.39. The van der Waals surface area contributed by atoms with E-state index in [2.05, 4.69) is 28.0 Å². The fourth-order valence-electron chi connectivity index (χ4n) is 4.99. The Kier molecular flexibility index (Phi) is 4.81. The lowest BCUT2D eigenvalue weighted by Crippen LogP contribution is -2.36. The number of likely N-dealkylation sites (tertiary alicyclic amines) is 1. The van der Waals surface area contributed by atoms with Crippen molar-refractivity contribution in [1.82, 2.24) is 4.90 Å². The van der Waals surface area contributed by atoms with Crippen molar-refractivity contribution in [3.63, 3.8) is 0 Å². The molecule has 3 nitrogen and oxygen atoms in total. The molecule has 5 rings (SSSR count). The molecule has 0 spiro atoms. The van der Waals surface area contributed by atoms with Gasteiger partial charge in [0, 0.05) is 41.4 Å². The maximum atomic E-state index is 6.22. The summed E-state index contributed by atoms with van der Waals surface area (Å²) in [5.41, 5.74) is 5.62. The Morgan fingerprint density at radius 1 is 0.926 bits per heavy atom. The monoisotopic (exact) mass is 402 g/mol. The minimum absolute atomic E-state index is 0.498. The van der Waals surface area contributed by atoms with Crippen molar-refractivity contribution >= 4 is 28.9 Å². The fourth-order valence-corrected chi connectivity index (χ4v) is 5.56. The second-order valence-electron chi connectivity index (χ2n) is 7.90. The van der Waals surface area contributed by atoms with Crippen molar-refractivity contribution in [2.75, 3.05) is 37.7 Å². The Balaban J connectivity index is 1.42. The predicted octanol–water partition coefficient (Wildman–Crippen LogP) is 5.26. The number of rotatable bonds is 3. The number of hydrogen-bond acceptors (Lipinski definition) is 3. The summed E-state index contributed by atoms with van der Waals surface area (Å²) in [4.78, 5) is 5.06. The van der Waals surface area contributed by atoms with Gasteiger partial charge in [0.1, 0.15) is 0 Å². The molecule has 2 aromatic carbocycles. The van der Waals surface area contributed by atoms with Gasteiger partial charge in [0.15, 0.2) is 0 Å². The van der Waals surface area contributed by atoms with Crippen LogP contribution in [0, 0.1) is 0 Å². The average molecular weight is 403 g/mol. The van der Waals surface area contributed by atoms with Gasteiger partial charge < -0.3 is 9.64 Å². The fraction of sp³-hybridized carbons (Fsp3) is 0.455. The molecule has 5 heteroatoms. The summed E-state index contributed by atoms with van der Waals surface area (Å²) in [6.45, 7) is 5.64. The summed E-state index contributed by atoms with van der Waals surface area (Å²) in [5.74, 6) is 0.711. The maximum Gasteiger partial charge on any atom is 0.0642 e. The summed E-state index contributed by atoms with van der Waals surface area (Å²) in [5, 5.41) is 1.43. The molecule has 2 aliphatic heterocycles. The largest absolute Gasteiger partial charge is 0.378 e. The highest BCUT2D eigenvalue weighted by molar-refractivity contribution is 6.34. The van der Waals surface area contributed by atoms with Crippen LogP contribution in [0.1, 0.15) is 41.5 Å². The second-order valence-corrected chi connectivity index (χ2v) is 8.77. The summed E-state index contributed by atoms with van der Waals surface area (Å²) >= 11 is 12.4. The molecule has 3 aliphatic rings. The van der Waals surface area contributed by atoms with Crippen LogP contribution in [0.3, 0.4) is 0 Å². The molecule has 0 radical (unpaired) electrons. The third-order valence-corrected chi connectivity index (χ3v) is 6.70. The van der Waals surface area contributed by atoms with Crippen LogP contribution in [-0.2, 0) is 11.3 Å². The average Bonchev–Trinajstić information content (AvgIpc) is 2.97. The number of ether oxygens (including phenoxy) is 1. The van der Waals surface area contributed by atoms with Crippen LogP contribution in [0.25, 0.3) is 0 Å². The van der Waals surface area contributed by atoms with Crippen LogP contribution in [0.5, 0.6) is 0 Å².